The summed E-state index contributed by atoms with van der Waals surface area (Å²) >= 11 is 0. The minimum Gasteiger partial charge on any atom is -0.314 e. The molecule has 1 aliphatic heterocycles. The lowest BCUT2D eigenvalue weighted by atomic mass is 10.1. The summed E-state index contributed by atoms with van der Waals surface area (Å²) in [5.74, 6) is 0.830. The van der Waals surface area contributed by atoms with Gasteiger partial charge in [0, 0.05) is 25.2 Å². The second kappa shape index (κ2) is 6.88. The minimum absolute atomic E-state index is 0.765. The van der Waals surface area contributed by atoms with Gasteiger partial charge >= 0.3 is 0 Å². The van der Waals surface area contributed by atoms with Crippen LogP contribution < -0.4 is 5.32 Å². The van der Waals surface area contributed by atoms with E-state index in [9.17, 15) is 0 Å². The maximum Gasteiger partial charge on any atom is 0.0254 e. The standard InChI is InChI=1S/C15H31N3/c1-13-11-18(12-15(13)17(2)3)10-6-4-5-9-16-14-7-8-14/h13-16H,4-12H2,1-3H3. The predicted molar refractivity (Wildman–Crippen MR) is 78.0 cm³/mol. The smallest absolute Gasteiger partial charge is 0.0254 e. The van der Waals surface area contributed by atoms with E-state index in [0.717, 1.165) is 18.0 Å². The Balaban J connectivity index is 1.49. The molecule has 0 aromatic heterocycles. The van der Waals surface area contributed by atoms with Gasteiger partial charge in [-0.15, -0.1) is 0 Å². The SMILES string of the molecule is CC1CN(CCCCCNC2CC2)CC1N(C)C. The van der Waals surface area contributed by atoms with E-state index in [2.05, 4.69) is 36.1 Å². The van der Waals surface area contributed by atoms with Crippen molar-refractivity contribution in [2.75, 3.05) is 40.3 Å². The first-order chi connectivity index (χ1) is 8.66. The van der Waals surface area contributed by atoms with Gasteiger partial charge in [0.1, 0.15) is 0 Å². The van der Waals surface area contributed by atoms with Gasteiger partial charge in [-0.1, -0.05) is 13.3 Å². The van der Waals surface area contributed by atoms with Crippen molar-refractivity contribution in [2.45, 2.75) is 51.1 Å². The van der Waals surface area contributed by atoms with Crippen molar-refractivity contribution in [3.8, 4) is 0 Å². The Morgan fingerprint density at radius 2 is 1.89 bits per heavy atom. The van der Waals surface area contributed by atoms with Gasteiger partial charge in [-0.05, 0) is 58.8 Å². The van der Waals surface area contributed by atoms with Gasteiger partial charge in [-0.3, -0.25) is 0 Å². The van der Waals surface area contributed by atoms with Crippen molar-refractivity contribution < 1.29 is 0 Å². The van der Waals surface area contributed by atoms with Crippen LogP contribution in [0.1, 0.15) is 39.0 Å². The summed E-state index contributed by atoms with van der Waals surface area (Å²) in [4.78, 5) is 5.05. The van der Waals surface area contributed by atoms with Crippen LogP contribution in [0.15, 0.2) is 0 Å². The van der Waals surface area contributed by atoms with Gasteiger partial charge in [-0.25, -0.2) is 0 Å². The summed E-state index contributed by atoms with van der Waals surface area (Å²) in [6, 6.07) is 1.65. The fourth-order valence-corrected chi connectivity index (χ4v) is 3.13. The van der Waals surface area contributed by atoms with E-state index in [0.29, 0.717) is 0 Å². The molecule has 0 aromatic rings. The number of hydrogen-bond donors (Lipinski definition) is 1. The third kappa shape index (κ3) is 4.52. The Labute approximate surface area is 113 Å². The molecule has 2 rings (SSSR count). The molecular weight excluding hydrogens is 222 g/mol. The molecule has 0 amide bonds. The van der Waals surface area contributed by atoms with E-state index in [1.807, 2.05) is 0 Å². The van der Waals surface area contributed by atoms with Crippen LogP contribution in [0.5, 0.6) is 0 Å². The first kappa shape index (κ1) is 14.3. The maximum absolute atomic E-state index is 3.59. The van der Waals surface area contributed by atoms with Crippen LogP contribution in [0, 0.1) is 5.92 Å². The molecule has 0 aromatic carbocycles. The second-order valence-electron chi connectivity index (χ2n) is 6.56. The highest BCUT2D eigenvalue weighted by atomic mass is 15.2. The largest absolute Gasteiger partial charge is 0.314 e. The van der Waals surface area contributed by atoms with Gasteiger partial charge in [0.25, 0.3) is 0 Å². The Morgan fingerprint density at radius 3 is 2.50 bits per heavy atom. The fourth-order valence-electron chi connectivity index (χ4n) is 3.13. The van der Waals surface area contributed by atoms with E-state index in [-0.39, 0.29) is 0 Å². The van der Waals surface area contributed by atoms with Crippen LogP contribution in [0.3, 0.4) is 0 Å². The summed E-state index contributed by atoms with van der Waals surface area (Å²) in [6.07, 6.45) is 6.95. The highest BCUT2D eigenvalue weighted by Gasteiger charge is 2.30. The zero-order chi connectivity index (χ0) is 13.0. The third-order valence-electron chi connectivity index (χ3n) is 4.47. The molecule has 3 heteroatoms. The molecule has 106 valence electrons. The van der Waals surface area contributed by atoms with E-state index in [4.69, 9.17) is 0 Å². The molecule has 1 saturated heterocycles. The molecule has 2 aliphatic rings. The third-order valence-corrected chi connectivity index (χ3v) is 4.47. The van der Waals surface area contributed by atoms with Crippen molar-refractivity contribution in [1.82, 2.24) is 15.1 Å². The molecular formula is C15H31N3. The van der Waals surface area contributed by atoms with Crippen LogP contribution in [-0.2, 0) is 0 Å². The molecule has 1 saturated carbocycles. The maximum atomic E-state index is 3.59. The highest BCUT2D eigenvalue weighted by Crippen LogP contribution is 2.20. The van der Waals surface area contributed by atoms with Gasteiger partial charge in [0.2, 0.25) is 0 Å². The fraction of sp³-hybridized carbons (Fsp3) is 1.00. The van der Waals surface area contributed by atoms with E-state index < -0.39 is 0 Å². The first-order valence-corrected chi connectivity index (χ1v) is 7.79. The normalized spacial score (nSPS) is 29.3. The number of likely N-dealkylation sites (N-methyl/N-ethyl adjacent to an activating group) is 1. The number of hydrogen-bond acceptors (Lipinski definition) is 3. The monoisotopic (exact) mass is 253 g/mol. The average molecular weight is 253 g/mol. The molecule has 0 bridgehead atoms. The molecule has 2 atom stereocenters. The van der Waals surface area contributed by atoms with Crippen molar-refractivity contribution in [1.29, 1.82) is 0 Å². The molecule has 1 N–H and O–H groups in total. The zero-order valence-corrected chi connectivity index (χ0v) is 12.5. The quantitative estimate of drug-likeness (QED) is 0.665. The Kier molecular flexibility index (Phi) is 5.46. The molecule has 0 radical (unpaired) electrons. The van der Waals surface area contributed by atoms with E-state index in [1.54, 1.807) is 0 Å². The lowest BCUT2D eigenvalue weighted by molar-refractivity contribution is 0.251. The molecule has 3 nitrogen and oxygen atoms in total. The molecule has 2 unspecified atom stereocenters. The predicted octanol–water partition coefficient (Wildman–Crippen LogP) is 1.79. The van der Waals surface area contributed by atoms with Crippen LogP contribution in [0.25, 0.3) is 0 Å². The van der Waals surface area contributed by atoms with E-state index >= 15 is 0 Å². The minimum atomic E-state index is 0.765. The van der Waals surface area contributed by atoms with E-state index in [1.165, 1.54) is 58.3 Å². The average Bonchev–Trinajstić information content (AvgIpc) is 3.06. The molecule has 0 spiro atoms. The zero-order valence-electron chi connectivity index (χ0n) is 12.5. The summed E-state index contributed by atoms with van der Waals surface area (Å²) in [6.45, 7) is 7.50. The van der Waals surface area contributed by atoms with Crippen molar-refractivity contribution >= 4 is 0 Å². The van der Waals surface area contributed by atoms with Crippen molar-refractivity contribution in [2.24, 2.45) is 5.92 Å². The van der Waals surface area contributed by atoms with Crippen LogP contribution in [0.4, 0.5) is 0 Å². The Bertz CT molecular complexity index is 238. The van der Waals surface area contributed by atoms with Crippen LogP contribution in [-0.4, -0.2) is 62.2 Å². The Hall–Kier alpha value is -0.120. The summed E-state index contributed by atoms with van der Waals surface area (Å²) in [5.41, 5.74) is 0. The molecule has 2 fully saturated rings. The second-order valence-corrected chi connectivity index (χ2v) is 6.56. The number of nitrogens with one attached hydrogen (secondary N) is 1. The van der Waals surface area contributed by atoms with Crippen molar-refractivity contribution in [3.63, 3.8) is 0 Å². The van der Waals surface area contributed by atoms with Gasteiger partial charge in [0.05, 0.1) is 0 Å². The summed E-state index contributed by atoms with van der Waals surface area (Å²) in [5, 5.41) is 3.59. The number of rotatable bonds is 8. The van der Waals surface area contributed by atoms with Gasteiger partial charge in [-0.2, -0.15) is 0 Å². The van der Waals surface area contributed by atoms with Gasteiger partial charge < -0.3 is 15.1 Å². The van der Waals surface area contributed by atoms with Crippen molar-refractivity contribution in [3.05, 3.63) is 0 Å². The number of unbranched alkanes of at least 4 members (excludes halogenated alkanes) is 2. The van der Waals surface area contributed by atoms with Crippen LogP contribution >= 0.6 is 0 Å². The molecule has 1 aliphatic carbocycles. The summed E-state index contributed by atoms with van der Waals surface area (Å²) < 4.78 is 0. The lowest BCUT2D eigenvalue weighted by Gasteiger charge is -2.22. The topological polar surface area (TPSA) is 18.5 Å². The summed E-state index contributed by atoms with van der Waals surface area (Å²) in [7, 11) is 4.43. The Morgan fingerprint density at radius 1 is 1.11 bits per heavy atom. The highest BCUT2D eigenvalue weighted by molar-refractivity contribution is 4.86. The molecule has 18 heavy (non-hydrogen) atoms. The lowest BCUT2D eigenvalue weighted by Crippen LogP contribution is -2.34. The van der Waals surface area contributed by atoms with Gasteiger partial charge in [0.15, 0.2) is 0 Å². The first-order valence-electron chi connectivity index (χ1n) is 7.79. The number of nitrogens with zero attached hydrogens (tertiary/aromatic N) is 2. The van der Waals surface area contributed by atoms with Crippen LogP contribution in [0.2, 0.25) is 0 Å². The number of likely N-dealkylation sites (tertiary alicyclic amines) is 1. The molecule has 1 heterocycles.